The number of nitrogens with one attached hydrogen (secondary N) is 1. The fourth-order valence-corrected chi connectivity index (χ4v) is 1.98. The second kappa shape index (κ2) is 5.35. The minimum Gasteiger partial charge on any atom is -0.385 e. The number of carbonyl (C=O) groups is 1. The first kappa shape index (κ1) is 12.8. The first-order valence-electron chi connectivity index (χ1n) is 6.14. The molecule has 98 valence electrons. The van der Waals surface area contributed by atoms with Crippen molar-refractivity contribution in [3.05, 3.63) is 24.0 Å². The molecule has 5 nitrogen and oxygen atoms in total. The van der Waals surface area contributed by atoms with Gasteiger partial charge in [0.15, 0.2) is 0 Å². The lowest BCUT2D eigenvalue weighted by molar-refractivity contribution is 0.0995. The van der Waals surface area contributed by atoms with Crippen molar-refractivity contribution in [3.63, 3.8) is 0 Å². The van der Waals surface area contributed by atoms with Crippen LogP contribution in [0.25, 0.3) is 0 Å². The molecule has 1 saturated carbocycles. The van der Waals surface area contributed by atoms with Crippen molar-refractivity contribution in [1.82, 2.24) is 4.98 Å². The van der Waals surface area contributed by atoms with E-state index in [9.17, 15) is 4.79 Å². The van der Waals surface area contributed by atoms with Crippen LogP contribution in [-0.4, -0.2) is 31.2 Å². The van der Waals surface area contributed by atoms with E-state index in [4.69, 9.17) is 10.5 Å². The molecular weight excluding hydrogens is 230 g/mol. The number of ether oxygens (including phenoxy) is 1. The number of pyridine rings is 1. The highest BCUT2D eigenvalue weighted by Gasteiger charge is 2.41. The molecular formula is C13H19N3O2. The summed E-state index contributed by atoms with van der Waals surface area (Å²) < 4.78 is 5.12. The lowest BCUT2D eigenvalue weighted by atomic mass is 10.0. The van der Waals surface area contributed by atoms with Gasteiger partial charge in [0, 0.05) is 32.1 Å². The number of primary amides is 1. The van der Waals surface area contributed by atoms with E-state index in [1.807, 2.05) is 6.07 Å². The van der Waals surface area contributed by atoms with Crippen LogP contribution in [-0.2, 0) is 4.74 Å². The van der Waals surface area contributed by atoms with Gasteiger partial charge in [0.1, 0.15) is 5.69 Å². The quantitative estimate of drug-likeness (QED) is 0.766. The number of aromatic nitrogens is 1. The Bertz CT molecular complexity index is 430. The fourth-order valence-electron chi connectivity index (χ4n) is 1.98. The van der Waals surface area contributed by atoms with E-state index in [1.54, 1.807) is 19.4 Å². The van der Waals surface area contributed by atoms with Gasteiger partial charge in [0.2, 0.25) is 0 Å². The van der Waals surface area contributed by atoms with Gasteiger partial charge in [-0.3, -0.25) is 9.78 Å². The Kier molecular flexibility index (Phi) is 3.81. The van der Waals surface area contributed by atoms with Crippen molar-refractivity contribution in [3.8, 4) is 0 Å². The number of methoxy groups -OCH3 is 1. The van der Waals surface area contributed by atoms with Gasteiger partial charge in [-0.25, -0.2) is 0 Å². The third kappa shape index (κ3) is 3.20. The monoisotopic (exact) mass is 249 g/mol. The molecule has 0 spiro atoms. The predicted octanol–water partition coefficient (Wildman–Crippen LogP) is 1.41. The standard InChI is InChI=1S/C13H19N3O2/c1-18-7-5-13(3-4-13)9-16-10-2-6-15-11(8-10)12(14)17/h2,6,8H,3-5,7,9H2,1H3,(H2,14,17)(H,15,16). The number of hydrogen-bond donors (Lipinski definition) is 2. The molecule has 0 saturated heterocycles. The third-order valence-corrected chi connectivity index (χ3v) is 3.47. The minimum absolute atomic E-state index is 0.293. The summed E-state index contributed by atoms with van der Waals surface area (Å²) in [7, 11) is 1.73. The SMILES string of the molecule is COCCC1(CNc2ccnc(C(N)=O)c2)CC1. The van der Waals surface area contributed by atoms with Crippen LogP contribution in [0.1, 0.15) is 29.8 Å². The molecule has 18 heavy (non-hydrogen) atoms. The molecule has 1 aromatic heterocycles. The molecule has 0 bridgehead atoms. The number of anilines is 1. The van der Waals surface area contributed by atoms with E-state index in [1.165, 1.54) is 12.8 Å². The maximum Gasteiger partial charge on any atom is 0.267 e. The van der Waals surface area contributed by atoms with Crippen LogP contribution in [0, 0.1) is 5.41 Å². The van der Waals surface area contributed by atoms with Crippen molar-refractivity contribution in [2.75, 3.05) is 25.6 Å². The normalized spacial score (nSPS) is 16.3. The largest absolute Gasteiger partial charge is 0.385 e. The van der Waals surface area contributed by atoms with Crippen molar-refractivity contribution in [1.29, 1.82) is 0 Å². The molecule has 0 atom stereocenters. The molecule has 0 aliphatic heterocycles. The lowest BCUT2D eigenvalue weighted by Gasteiger charge is -2.16. The van der Waals surface area contributed by atoms with E-state index < -0.39 is 5.91 Å². The Morgan fingerprint density at radius 1 is 1.61 bits per heavy atom. The molecule has 0 aromatic carbocycles. The van der Waals surface area contributed by atoms with E-state index in [-0.39, 0.29) is 0 Å². The zero-order chi connectivity index (χ0) is 13.0. The summed E-state index contributed by atoms with van der Waals surface area (Å²) in [6.45, 7) is 1.70. The van der Waals surface area contributed by atoms with Crippen LogP contribution in [0.4, 0.5) is 5.69 Å². The molecule has 1 heterocycles. The average molecular weight is 249 g/mol. The molecule has 1 aromatic rings. The zero-order valence-electron chi connectivity index (χ0n) is 10.6. The molecule has 1 fully saturated rings. The van der Waals surface area contributed by atoms with Crippen molar-refractivity contribution < 1.29 is 9.53 Å². The lowest BCUT2D eigenvalue weighted by Crippen LogP contribution is -2.18. The first-order chi connectivity index (χ1) is 8.65. The summed E-state index contributed by atoms with van der Waals surface area (Å²) in [5.41, 5.74) is 6.75. The maximum absolute atomic E-state index is 11.0. The van der Waals surface area contributed by atoms with Crippen LogP contribution >= 0.6 is 0 Å². The van der Waals surface area contributed by atoms with Crippen molar-refractivity contribution in [2.45, 2.75) is 19.3 Å². The van der Waals surface area contributed by atoms with Gasteiger partial charge >= 0.3 is 0 Å². The second-order valence-electron chi connectivity index (χ2n) is 4.89. The summed E-state index contributed by atoms with van der Waals surface area (Å²) in [4.78, 5) is 14.9. The number of amides is 1. The summed E-state index contributed by atoms with van der Waals surface area (Å²) in [5, 5.41) is 3.35. The summed E-state index contributed by atoms with van der Waals surface area (Å²) >= 11 is 0. The van der Waals surface area contributed by atoms with Gasteiger partial charge < -0.3 is 15.8 Å². The number of carbonyl (C=O) groups excluding carboxylic acids is 1. The second-order valence-corrected chi connectivity index (χ2v) is 4.89. The molecule has 1 amide bonds. The van der Waals surface area contributed by atoms with Crippen LogP contribution in [0.2, 0.25) is 0 Å². The van der Waals surface area contributed by atoms with Crippen LogP contribution in [0.5, 0.6) is 0 Å². The van der Waals surface area contributed by atoms with Crippen LogP contribution in [0.3, 0.4) is 0 Å². The van der Waals surface area contributed by atoms with Gasteiger partial charge in [-0.05, 0) is 36.8 Å². The Morgan fingerprint density at radius 2 is 2.39 bits per heavy atom. The van der Waals surface area contributed by atoms with E-state index in [2.05, 4.69) is 10.3 Å². The number of nitrogens with two attached hydrogens (primary N) is 1. The molecule has 0 unspecified atom stereocenters. The first-order valence-corrected chi connectivity index (χ1v) is 6.14. The Labute approximate surface area is 107 Å². The van der Waals surface area contributed by atoms with Gasteiger partial charge in [-0.2, -0.15) is 0 Å². The summed E-state index contributed by atoms with van der Waals surface area (Å²) in [6, 6.07) is 3.54. The summed E-state index contributed by atoms with van der Waals surface area (Å²) in [6.07, 6.45) is 5.13. The van der Waals surface area contributed by atoms with Crippen molar-refractivity contribution >= 4 is 11.6 Å². The zero-order valence-corrected chi connectivity index (χ0v) is 10.6. The minimum atomic E-state index is -0.501. The van der Waals surface area contributed by atoms with Crippen LogP contribution < -0.4 is 11.1 Å². The van der Waals surface area contributed by atoms with E-state index >= 15 is 0 Å². The Hall–Kier alpha value is -1.62. The predicted molar refractivity (Wildman–Crippen MR) is 69.4 cm³/mol. The third-order valence-electron chi connectivity index (χ3n) is 3.47. The van der Waals surface area contributed by atoms with Gasteiger partial charge in [-0.1, -0.05) is 0 Å². The van der Waals surface area contributed by atoms with E-state index in [0.717, 1.165) is 25.3 Å². The molecule has 3 N–H and O–H groups in total. The molecule has 5 heteroatoms. The Balaban J connectivity index is 1.90. The number of rotatable bonds is 7. The fraction of sp³-hybridized carbons (Fsp3) is 0.538. The average Bonchev–Trinajstić information content (AvgIpc) is 3.15. The topological polar surface area (TPSA) is 77.2 Å². The highest BCUT2D eigenvalue weighted by Crippen LogP contribution is 2.48. The highest BCUT2D eigenvalue weighted by molar-refractivity contribution is 5.91. The summed E-state index contributed by atoms with van der Waals surface area (Å²) in [5.74, 6) is -0.501. The van der Waals surface area contributed by atoms with Gasteiger partial charge in [-0.15, -0.1) is 0 Å². The van der Waals surface area contributed by atoms with Gasteiger partial charge in [0.25, 0.3) is 5.91 Å². The number of nitrogens with zero attached hydrogens (tertiary/aromatic N) is 1. The Morgan fingerprint density at radius 3 is 3.00 bits per heavy atom. The van der Waals surface area contributed by atoms with Gasteiger partial charge in [0.05, 0.1) is 0 Å². The van der Waals surface area contributed by atoms with Crippen molar-refractivity contribution in [2.24, 2.45) is 11.1 Å². The molecule has 1 aliphatic rings. The molecule has 0 radical (unpaired) electrons. The van der Waals surface area contributed by atoms with Crippen LogP contribution in [0.15, 0.2) is 18.3 Å². The number of hydrogen-bond acceptors (Lipinski definition) is 4. The molecule has 2 rings (SSSR count). The maximum atomic E-state index is 11.0. The molecule has 1 aliphatic carbocycles. The van der Waals surface area contributed by atoms with E-state index in [0.29, 0.717) is 11.1 Å². The smallest absolute Gasteiger partial charge is 0.267 e. The highest BCUT2D eigenvalue weighted by atomic mass is 16.5.